The van der Waals surface area contributed by atoms with E-state index in [1.54, 1.807) is 19.1 Å². The van der Waals surface area contributed by atoms with E-state index < -0.39 is 10.0 Å². The van der Waals surface area contributed by atoms with Gasteiger partial charge in [0, 0.05) is 24.5 Å². The van der Waals surface area contributed by atoms with Gasteiger partial charge in [0.25, 0.3) is 5.91 Å². The second kappa shape index (κ2) is 8.71. The van der Waals surface area contributed by atoms with Crippen molar-refractivity contribution in [2.75, 3.05) is 0 Å². The lowest BCUT2D eigenvalue weighted by atomic mass is 10.1. The zero-order valence-electron chi connectivity index (χ0n) is 16.9. The molecule has 0 saturated carbocycles. The van der Waals surface area contributed by atoms with Crippen LogP contribution in [0.15, 0.2) is 84.0 Å². The van der Waals surface area contributed by atoms with Gasteiger partial charge in [-0.15, -0.1) is 0 Å². The zero-order valence-corrected chi connectivity index (χ0v) is 17.8. The molecule has 0 bridgehead atoms. The lowest BCUT2D eigenvalue weighted by Crippen LogP contribution is -2.26. The van der Waals surface area contributed by atoms with Gasteiger partial charge in [0.1, 0.15) is 5.65 Å². The molecule has 0 radical (unpaired) electrons. The number of benzene rings is 2. The molecular weight excluding hydrogens is 412 g/mol. The number of pyridine rings is 1. The molecule has 1 amide bonds. The average Bonchev–Trinajstić information content (AvgIpc) is 3.20. The number of hydrogen-bond acceptors (Lipinski definition) is 4. The molecule has 158 valence electrons. The Kier molecular flexibility index (Phi) is 5.83. The molecule has 8 heteroatoms. The molecule has 0 aliphatic carbocycles. The first-order chi connectivity index (χ1) is 14.9. The van der Waals surface area contributed by atoms with Crippen molar-refractivity contribution in [3.63, 3.8) is 0 Å². The first-order valence-electron chi connectivity index (χ1n) is 9.77. The third-order valence-corrected chi connectivity index (χ3v) is 6.44. The van der Waals surface area contributed by atoms with E-state index in [1.807, 2.05) is 65.3 Å². The van der Waals surface area contributed by atoms with Gasteiger partial charge >= 0.3 is 0 Å². The van der Waals surface area contributed by atoms with Gasteiger partial charge in [-0.1, -0.05) is 42.5 Å². The quantitative estimate of drug-likeness (QED) is 0.468. The van der Waals surface area contributed by atoms with Crippen molar-refractivity contribution >= 4 is 21.6 Å². The Morgan fingerprint density at radius 3 is 2.55 bits per heavy atom. The number of fused-ring (bicyclic) bond motifs is 1. The number of aromatic nitrogens is 2. The van der Waals surface area contributed by atoms with Crippen LogP contribution in [0.4, 0.5) is 0 Å². The zero-order chi connectivity index (χ0) is 21.8. The summed E-state index contributed by atoms with van der Waals surface area (Å²) >= 11 is 0. The smallest absolute Gasteiger partial charge is 0.251 e. The Morgan fingerprint density at radius 1 is 1.00 bits per heavy atom. The molecule has 0 aliphatic heterocycles. The van der Waals surface area contributed by atoms with Crippen LogP contribution < -0.4 is 10.0 Å². The van der Waals surface area contributed by atoms with Crippen LogP contribution in [0.25, 0.3) is 5.65 Å². The minimum absolute atomic E-state index is 0.0869. The van der Waals surface area contributed by atoms with E-state index in [2.05, 4.69) is 15.0 Å². The molecule has 31 heavy (non-hydrogen) atoms. The minimum atomic E-state index is -3.78. The number of rotatable bonds is 7. The normalized spacial score (nSPS) is 11.5. The number of nitrogens with one attached hydrogen (secondary N) is 2. The van der Waals surface area contributed by atoms with Crippen molar-refractivity contribution in [2.45, 2.75) is 24.9 Å². The molecule has 4 aromatic rings. The number of aryl methyl sites for hydroxylation is 1. The summed E-state index contributed by atoms with van der Waals surface area (Å²) in [6.45, 7) is 2.12. The summed E-state index contributed by atoms with van der Waals surface area (Å²) in [6, 6.07) is 19.6. The van der Waals surface area contributed by atoms with E-state index in [-0.39, 0.29) is 29.5 Å². The summed E-state index contributed by atoms with van der Waals surface area (Å²) in [7, 11) is -3.78. The van der Waals surface area contributed by atoms with Crippen LogP contribution in [0.1, 0.15) is 27.2 Å². The fourth-order valence-electron chi connectivity index (χ4n) is 3.23. The second-order valence-corrected chi connectivity index (χ2v) is 8.91. The van der Waals surface area contributed by atoms with Gasteiger partial charge in [-0.05, 0) is 42.3 Å². The average molecular weight is 435 g/mol. The van der Waals surface area contributed by atoms with E-state index >= 15 is 0 Å². The van der Waals surface area contributed by atoms with Crippen LogP contribution >= 0.6 is 0 Å². The van der Waals surface area contributed by atoms with Crippen LogP contribution in [0.5, 0.6) is 0 Å². The summed E-state index contributed by atoms with van der Waals surface area (Å²) in [5.74, 6) is -0.364. The fraction of sp³-hybridized carbons (Fsp3) is 0.130. The standard InChI is InChI=1S/C23H22N4O3S/c1-17-10-11-19(13-21(17)31(29,30)25-14-18-7-3-2-4-8-18)23(28)24-15-20-16-27-12-6-5-9-22(27)26-20/h2-13,16,25H,14-15H2,1H3,(H,24,28). The van der Waals surface area contributed by atoms with E-state index in [4.69, 9.17) is 0 Å². The van der Waals surface area contributed by atoms with Crippen LogP contribution in [-0.2, 0) is 23.1 Å². The maximum absolute atomic E-state index is 12.8. The van der Waals surface area contributed by atoms with Crippen molar-refractivity contribution in [2.24, 2.45) is 0 Å². The van der Waals surface area contributed by atoms with Crippen LogP contribution in [0, 0.1) is 6.92 Å². The lowest BCUT2D eigenvalue weighted by molar-refractivity contribution is 0.0950. The van der Waals surface area contributed by atoms with Crippen molar-refractivity contribution < 1.29 is 13.2 Å². The first kappa shape index (κ1) is 20.8. The van der Waals surface area contributed by atoms with Crippen molar-refractivity contribution in [1.82, 2.24) is 19.4 Å². The van der Waals surface area contributed by atoms with Gasteiger partial charge in [-0.25, -0.2) is 18.1 Å². The van der Waals surface area contributed by atoms with Crippen LogP contribution in [-0.4, -0.2) is 23.7 Å². The van der Waals surface area contributed by atoms with E-state index in [1.165, 1.54) is 6.07 Å². The van der Waals surface area contributed by atoms with E-state index in [9.17, 15) is 13.2 Å². The molecule has 7 nitrogen and oxygen atoms in total. The molecule has 2 aromatic carbocycles. The second-order valence-electron chi connectivity index (χ2n) is 7.17. The molecule has 0 saturated heterocycles. The highest BCUT2D eigenvalue weighted by atomic mass is 32.2. The first-order valence-corrected chi connectivity index (χ1v) is 11.3. The van der Waals surface area contributed by atoms with Crippen LogP contribution in [0.2, 0.25) is 0 Å². The molecular formula is C23H22N4O3S. The highest BCUT2D eigenvalue weighted by molar-refractivity contribution is 7.89. The molecule has 0 aliphatic rings. The fourth-order valence-corrected chi connectivity index (χ4v) is 4.51. The number of amides is 1. The molecule has 4 rings (SSSR count). The molecule has 0 fully saturated rings. The molecule has 2 aromatic heterocycles. The summed E-state index contributed by atoms with van der Waals surface area (Å²) in [5, 5.41) is 2.80. The van der Waals surface area contributed by atoms with Crippen LogP contribution in [0.3, 0.4) is 0 Å². The van der Waals surface area contributed by atoms with Gasteiger partial charge in [0.05, 0.1) is 17.1 Å². The lowest BCUT2D eigenvalue weighted by Gasteiger charge is -2.11. The Bertz CT molecular complexity index is 1300. The van der Waals surface area contributed by atoms with Crippen molar-refractivity contribution in [3.8, 4) is 0 Å². The molecule has 2 N–H and O–H groups in total. The summed E-state index contributed by atoms with van der Waals surface area (Å²) in [6.07, 6.45) is 3.72. The monoisotopic (exact) mass is 434 g/mol. The third-order valence-electron chi connectivity index (χ3n) is 4.89. The van der Waals surface area contributed by atoms with Gasteiger partial charge < -0.3 is 9.72 Å². The molecule has 0 unspecified atom stereocenters. The Balaban J connectivity index is 1.47. The molecule has 0 spiro atoms. The predicted octanol–water partition coefficient (Wildman–Crippen LogP) is 3.05. The largest absolute Gasteiger partial charge is 0.346 e. The number of carbonyl (C=O) groups excluding carboxylic acids is 1. The highest BCUT2D eigenvalue weighted by Gasteiger charge is 2.19. The van der Waals surface area contributed by atoms with Crippen molar-refractivity contribution in [3.05, 3.63) is 102 Å². The van der Waals surface area contributed by atoms with Crippen molar-refractivity contribution in [1.29, 1.82) is 0 Å². The number of hydrogen-bond donors (Lipinski definition) is 2. The van der Waals surface area contributed by atoms with Gasteiger partial charge in [0.2, 0.25) is 10.0 Å². The predicted molar refractivity (Wildman–Crippen MR) is 118 cm³/mol. The Morgan fingerprint density at radius 2 is 1.77 bits per heavy atom. The highest BCUT2D eigenvalue weighted by Crippen LogP contribution is 2.18. The maximum Gasteiger partial charge on any atom is 0.251 e. The number of nitrogens with zero attached hydrogens (tertiary/aromatic N) is 2. The summed E-state index contributed by atoms with van der Waals surface area (Å²) < 4.78 is 30.1. The topological polar surface area (TPSA) is 92.6 Å². The third kappa shape index (κ3) is 4.82. The number of imidazole rings is 1. The van der Waals surface area contributed by atoms with Gasteiger partial charge in [-0.2, -0.15) is 0 Å². The summed E-state index contributed by atoms with van der Waals surface area (Å²) in [4.78, 5) is 17.2. The molecule has 2 heterocycles. The van der Waals surface area contributed by atoms with E-state index in [0.717, 1.165) is 11.2 Å². The maximum atomic E-state index is 12.8. The number of carbonyl (C=O) groups is 1. The number of sulfonamides is 1. The Hall–Kier alpha value is -3.49. The molecule has 0 atom stereocenters. The van der Waals surface area contributed by atoms with Gasteiger partial charge in [0.15, 0.2) is 0 Å². The van der Waals surface area contributed by atoms with Gasteiger partial charge in [-0.3, -0.25) is 4.79 Å². The van der Waals surface area contributed by atoms with E-state index in [0.29, 0.717) is 11.3 Å². The summed E-state index contributed by atoms with van der Waals surface area (Å²) in [5.41, 5.74) is 3.20. The minimum Gasteiger partial charge on any atom is -0.346 e. The SMILES string of the molecule is Cc1ccc(C(=O)NCc2cn3ccccc3n2)cc1S(=O)(=O)NCc1ccccc1. The Labute approximate surface area is 180 Å².